The largest absolute Gasteiger partial charge is 0.457 e. The summed E-state index contributed by atoms with van der Waals surface area (Å²) in [4.78, 5) is 46.1. The number of esters is 1. The summed E-state index contributed by atoms with van der Waals surface area (Å²) in [7, 11) is 5.37. The van der Waals surface area contributed by atoms with Crippen molar-refractivity contribution in [1.82, 2.24) is 30.1 Å². The number of aliphatic hydroxyl groups excluding tert-OH is 1. The zero-order valence-electron chi connectivity index (χ0n) is 37.0. The molecule has 4 N–H and O–H groups in total. The second-order valence-corrected chi connectivity index (χ2v) is 17.7. The van der Waals surface area contributed by atoms with E-state index < -0.39 is 65.6 Å². The number of methoxy groups -OCH3 is 1. The molecular formula is C44H69N7O9. The minimum absolute atomic E-state index is 0.0178. The van der Waals surface area contributed by atoms with Crippen molar-refractivity contribution in [3.05, 3.63) is 43.1 Å². The number of nitrogens with zero attached hydrogens (tertiary/aromatic N) is 5. The maximum Gasteiger partial charge on any atom is 0.410 e. The molecule has 16 heteroatoms. The number of anilines is 1. The fourth-order valence-electron chi connectivity index (χ4n) is 9.29. The van der Waals surface area contributed by atoms with Crippen LogP contribution in [0, 0.1) is 11.8 Å². The molecular weight excluding hydrogens is 771 g/mol. The van der Waals surface area contributed by atoms with Gasteiger partial charge in [0.2, 0.25) is 0 Å². The van der Waals surface area contributed by atoms with Gasteiger partial charge in [-0.2, -0.15) is 0 Å². The molecule has 2 aromatic rings. The molecule has 3 saturated heterocycles. The Morgan fingerprint density at radius 2 is 1.88 bits per heavy atom. The topological polar surface area (TPSA) is 193 Å². The molecule has 12 atom stereocenters. The number of benzene rings is 1. The Morgan fingerprint density at radius 3 is 2.55 bits per heavy atom. The molecule has 3 fully saturated rings. The quantitative estimate of drug-likeness (QED) is 0.0834. The van der Waals surface area contributed by atoms with Crippen molar-refractivity contribution >= 4 is 23.5 Å². The number of amides is 1. The van der Waals surface area contributed by atoms with Gasteiger partial charge in [-0.1, -0.05) is 37.3 Å². The van der Waals surface area contributed by atoms with Crippen molar-refractivity contribution < 1.29 is 43.2 Å². The Morgan fingerprint density at radius 1 is 1.15 bits per heavy atom. The summed E-state index contributed by atoms with van der Waals surface area (Å²) in [6, 6.07) is 6.42. The highest BCUT2D eigenvalue weighted by atomic mass is 16.7. The zero-order chi connectivity index (χ0) is 43.9. The molecule has 0 aliphatic carbocycles. The number of cyclic esters (lactones) is 1. The molecule has 1 aromatic carbocycles. The summed E-state index contributed by atoms with van der Waals surface area (Å²) in [5.74, 6) is -2.38. The number of rotatable bonds is 13. The first-order valence-corrected chi connectivity index (χ1v) is 21.5. The third kappa shape index (κ3) is 10.7. The van der Waals surface area contributed by atoms with E-state index in [0.29, 0.717) is 57.4 Å². The molecule has 0 spiro atoms. The number of carbonyl (C=O) groups is 3. The molecule has 2 unspecified atom stereocenters. The van der Waals surface area contributed by atoms with Gasteiger partial charge in [-0.05, 0) is 105 Å². The summed E-state index contributed by atoms with van der Waals surface area (Å²) < 4.78 is 33.2. The number of nitrogens with two attached hydrogens (primary N) is 1. The van der Waals surface area contributed by atoms with Crippen LogP contribution in [0.1, 0.15) is 86.5 Å². The molecule has 3 aliphatic heterocycles. The number of nitrogen functional groups attached to an aromatic ring is 1. The van der Waals surface area contributed by atoms with Crippen LogP contribution in [-0.4, -0.2) is 142 Å². The van der Waals surface area contributed by atoms with Crippen LogP contribution in [0.4, 0.5) is 10.5 Å². The molecule has 16 nitrogen and oxygen atoms in total. The van der Waals surface area contributed by atoms with E-state index >= 15 is 0 Å². The van der Waals surface area contributed by atoms with E-state index in [2.05, 4.69) is 29.1 Å². The lowest BCUT2D eigenvalue weighted by Gasteiger charge is -2.45. The first-order chi connectivity index (χ1) is 28.4. The third-order valence-corrected chi connectivity index (χ3v) is 12.7. The monoisotopic (exact) mass is 840 g/mol. The van der Waals surface area contributed by atoms with Gasteiger partial charge in [0.15, 0.2) is 11.9 Å². The third-order valence-electron chi connectivity index (χ3n) is 12.7. The predicted octanol–water partition coefficient (Wildman–Crippen LogP) is 4.59. The summed E-state index contributed by atoms with van der Waals surface area (Å²) >= 11 is 0. The van der Waals surface area contributed by atoms with Crippen molar-refractivity contribution in [2.24, 2.45) is 11.8 Å². The number of unbranched alkanes of at least 4 members (excludes halogenated alkanes) is 1. The molecule has 60 heavy (non-hydrogen) atoms. The van der Waals surface area contributed by atoms with Gasteiger partial charge >= 0.3 is 12.1 Å². The summed E-state index contributed by atoms with van der Waals surface area (Å²) in [6.07, 6.45) is 1.44. The van der Waals surface area contributed by atoms with E-state index in [1.165, 1.54) is 6.08 Å². The molecule has 1 aromatic heterocycles. The van der Waals surface area contributed by atoms with E-state index in [1.807, 2.05) is 84.1 Å². The highest BCUT2D eigenvalue weighted by Gasteiger charge is 2.58. The molecule has 0 saturated carbocycles. The number of nitrogens with one attached hydrogen (secondary N) is 1. The van der Waals surface area contributed by atoms with Crippen LogP contribution in [-0.2, 0) is 39.8 Å². The van der Waals surface area contributed by atoms with Crippen molar-refractivity contribution in [1.29, 1.82) is 0 Å². The van der Waals surface area contributed by atoms with E-state index in [0.717, 1.165) is 11.3 Å². The van der Waals surface area contributed by atoms with Gasteiger partial charge < -0.3 is 44.7 Å². The zero-order valence-corrected chi connectivity index (χ0v) is 37.0. The average molecular weight is 840 g/mol. The Labute approximate surface area is 355 Å². The number of hydrogen-bond acceptors (Lipinski definition) is 14. The van der Waals surface area contributed by atoms with Gasteiger partial charge in [-0.3, -0.25) is 19.2 Å². The van der Waals surface area contributed by atoms with Crippen molar-refractivity contribution in [2.45, 2.75) is 153 Å². The molecule has 0 radical (unpaired) electrons. The van der Waals surface area contributed by atoms with Gasteiger partial charge in [0.1, 0.15) is 29.6 Å². The van der Waals surface area contributed by atoms with Crippen LogP contribution in [0.25, 0.3) is 11.3 Å². The molecule has 1 amide bonds. The van der Waals surface area contributed by atoms with Crippen molar-refractivity contribution in [2.75, 3.05) is 40.0 Å². The number of Topliss-reactive ketones (excluding diaryl/α,β-unsaturated/α-hetero) is 1. The second-order valence-electron chi connectivity index (χ2n) is 17.7. The smallest absolute Gasteiger partial charge is 0.410 e. The van der Waals surface area contributed by atoms with Gasteiger partial charge in [0.05, 0.1) is 30.0 Å². The Balaban J connectivity index is 1.39. The van der Waals surface area contributed by atoms with Crippen LogP contribution in [0.5, 0.6) is 0 Å². The number of aryl methyl sites for hydroxylation is 1. The van der Waals surface area contributed by atoms with E-state index in [4.69, 9.17) is 29.4 Å². The summed E-state index contributed by atoms with van der Waals surface area (Å²) in [6.45, 7) is 16.9. The highest BCUT2D eigenvalue weighted by molar-refractivity contribution is 5.99. The van der Waals surface area contributed by atoms with Crippen molar-refractivity contribution in [3.63, 3.8) is 0 Å². The van der Waals surface area contributed by atoms with Crippen LogP contribution < -0.4 is 11.1 Å². The first-order valence-electron chi connectivity index (χ1n) is 21.5. The number of ketones is 1. The van der Waals surface area contributed by atoms with Gasteiger partial charge in [0, 0.05) is 50.0 Å². The summed E-state index contributed by atoms with van der Waals surface area (Å²) in [5, 5.41) is 23.7. The highest BCUT2D eigenvalue weighted by Crippen LogP contribution is 2.40. The van der Waals surface area contributed by atoms with Crippen LogP contribution in [0.2, 0.25) is 0 Å². The molecule has 4 heterocycles. The Hall–Kier alpha value is -3.93. The summed E-state index contributed by atoms with van der Waals surface area (Å²) in [5.41, 5.74) is 5.92. The number of allylic oxidation sites excluding steroid dienone is 1. The number of aromatic nitrogens is 3. The number of hydrogen-bond donors (Lipinski definition) is 3. The fraction of sp³-hybridized carbons (Fsp3) is 0.705. The Kier molecular flexibility index (Phi) is 15.9. The maximum absolute atomic E-state index is 14.4. The number of ether oxygens (including phenoxy) is 5. The standard InChI is InChI=1S/C44H69N7O9/c1-11-16-32-35(52)23-37(59-41-38(53)34(49(8)9)21-28(4)57-41)43(6,56-10)24-27(3)25-46-29(5)39-44(7,36(12-2)58-40(32)54)60-42(55)51(39)20-14-13-19-50-26-33(47-48-50)30-17-15-18-31(45)22-30/h11,15,17-18,22,26-29,32,34,36-39,41,46,53H,1,12-14,16,19-21,23-25,45H2,2-10H3/t27-,28-,29-,32-,34?,36-,37-,38?,39-,41+,43-,44-/m1/s1. The van der Waals surface area contributed by atoms with E-state index in [1.54, 1.807) is 16.7 Å². The minimum Gasteiger partial charge on any atom is -0.457 e. The van der Waals surface area contributed by atoms with Crippen molar-refractivity contribution in [3.8, 4) is 11.3 Å². The fourth-order valence-corrected chi connectivity index (χ4v) is 9.29. The number of fused-ring (bicyclic) bond motifs is 1. The number of aliphatic hydroxyl groups is 1. The van der Waals surface area contributed by atoms with E-state index in [-0.39, 0.29) is 36.9 Å². The van der Waals surface area contributed by atoms with Gasteiger partial charge in [-0.25, -0.2) is 4.79 Å². The SMILES string of the molecule is C=CC[C@@H]1C(=O)C[C@@H](O[C@@H]2O[C@H](C)CC(N(C)C)C2O)[C@](C)(OC)C[C@@H](C)CN[C@H](C)[C@H]2N(CCCCn3cc(-c4cccc(N)c4)nn3)C(=O)O[C@]2(C)[C@@H](CC)OC1=O. The first kappa shape index (κ1) is 47.1. The lowest BCUT2D eigenvalue weighted by molar-refractivity contribution is -0.289. The lowest BCUT2D eigenvalue weighted by atomic mass is 9.83. The van der Waals surface area contributed by atoms with Crippen LogP contribution in [0.3, 0.4) is 0 Å². The molecule has 3 aliphatic rings. The van der Waals surface area contributed by atoms with Crippen LogP contribution in [0.15, 0.2) is 43.1 Å². The number of carbonyl (C=O) groups excluding carboxylic acids is 3. The predicted molar refractivity (Wildman–Crippen MR) is 227 cm³/mol. The Bertz CT molecular complexity index is 1780. The van der Waals surface area contributed by atoms with Crippen LogP contribution >= 0.6 is 0 Å². The van der Waals surface area contributed by atoms with Gasteiger partial charge in [-0.15, -0.1) is 11.7 Å². The lowest BCUT2D eigenvalue weighted by Crippen LogP contribution is -2.61. The normalized spacial score (nSPS) is 34.7. The molecule has 0 bridgehead atoms. The minimum atomic E-state index is -1.25. The second kappa shape index (κ2) is 20.3. The molecule has 5 rings (SSSR count). The van der Waals surface area contributed by atoms with Gasteiger partial charge in [0.25, 0.3) is 0 Å². The molecule has 334 valence electrons. The van der Waals surface area contributed by atoms with E-state index in [9.17, 15) is 19.5 Å². The average Bonchev–Trinajstić information content (AvgIpc) is 3.78. The maximum atomic E-state index is 14.4. The number of likely N-dealkylation sites (N-methyl/N-ethyl adjacent to an activating group) is 1.